The molecule has 3 N–H and O–H groups in total. The van der Waals surface area contributed by atoms with Crippen LogP contribution in [0.25, 0.3) is 0 Å². The van der Waals surface area contributed by atoms with Crippen LogP contribution in [0.3, 0.4) is 0 Å². The first kappa shape index (κ1) is 18.7. The Kier molecular flexibility index (Phi) is 5.80. The lowest BCUT2D eigenvalue weighted by atomic mass is 10.2. The topological polar surface area (TPSA) is 87.3 Å². The summed E-state index contributed by atoms with van der Waals surface area (Å²) < 4.78 is 27.7. The van der Waals surface area contributed by atoms with Gasteiger partial charge in [-0.15, -0.1) is 0 Å². The monoisotopic (exact) mass is 393 g/mol. The normalized spacial score (nSPS) is 15.0. The van der Waals surface area contributed by atoms with Crippen molar-refractivity contribution in [3.63, 3.8) is 0 Å². The van der Waals surface area contributed by atoms with Crippen LogP contribution >= 0.6 is 11.6 Å². The molecule has 0 aliphatic heterocycles. The van der Waals surface area contributed by atoms with Crippen molar-refractivity contribution in [1.29, 1.82) is 0 Å². The average molecular weight is 394 g/mol. The molecular weight excluding hydrogens is 374 g/mol. The third kappa shape index (κ3) is 4.75. The highest BCUT2D eigenvalue weighted by atomic mass is 35.5. The number of anilines is 1. The molecule has 0 atom stereocenters. The summed E-state index contributed by atoms with van der Waals surface area (Å²) in [5.41, 5.74) is 6.15. The van der Waals surface area contributed by atoms with Crippen molar-refractivity contribution in [2.75, 3.05) is 5.43 Å². The van der Waals surface area contributed by atoms with Crippen LogP contribution in [-0.2, 0) is 10.0 Å². The maximum absolute atomic E-state index is 12.5. The number of hydrogen-bond acceptors (Lipinski definition) is 4. The minimum absolute atomic E-state index is 0.0259. The highest BCUT2D eigenvalue weighted by molar-refractivity contribution is 7.89. The van der Waals surface area contributed by atoms with Gasteiger partial charge in [-0.05, 0) is 49.2 Å². The van der Waals surface area contributed by atoms with Gasteiger partial charge in [0.05, 0.1) is 10.6 Å². The molecule has 26 heavy (non-hydrogen) atoms. The first-order valence-electron chi connectivity index (χ1n) is 8.38. The van der Waals surface area contributed by atoms with Crippen molar-refractivity contribution in [3.05, 3.63) is 59.1 Å². The summed E-state index contributed by atoms with van der Waals surface area (Å²) in [7, 11) is -3.64. The summed E-state index contributed by atoms with van der Waals surface area (Å²) in [4.78, 5) is 12.4. The predicted octanol–water partition coefficient (Wildman–Crippen LogP) is 3.32. The van der Waals surface area contributed by atoms with E-state index in [1.807, 2.05) is 0 Å². The number of nitrogens with one attached hydrogen (secondary N) is 3. The zero-order chi connectivity index (χ0) is 18.6. The maximum Gasteiger partial charge on any atom is 0.269 e. The number of amides is 1. The van der Waals surface area contributed by atoms with Crippen molar-refractivity contribution in [2.24, 2.45) is 0 Å². The third-order valence-electron chi connectivity index (χ3n) is 4.23. The summed E-state index contributed by atoms with van der Waals surface area (Å²) in [6.07, 6.45) is 3.77. The van der Waals surface area contributed by atoms with E-state index in [9.17, 15) is 13.2 Å². The van der Waals surface area contributed by atoms with Crippen LogP contribution in [0.15, 0.2) is 53.4 Å². The molecule has 1 amide bonds. The summed E-state index contributed by atoms with van der Waals surface area (Å²) in [6.45, 7) is 0. The molecule has 8 heteroatoms. The van der Waals surface area contributed by atoms with E-state index in [2.05, 4.69) is 15.6 Å². The van der Waals surface area contributed by atoms with Gasteiger partial charge in [-0.25, -0.2) is 13.1 Å². The first-order chi connectivity index (χ1) is 12.4. The zero-order valence-electron chi connectivity index (χ0n) is 14.0. The van der Waals surface area contributed by atoms with Gasteiger partial charge >= 0.3 is 0 Å². The van der Waals surface area contributed by atoms with Crippen LogP contribution in [0, 0.1) is 0 Å². The van der Waals surface area contributed by atoms with Crippen molar-refractivity contribution >= 4 is 33.2 Å². The number of halogens is 1. The molecule has 0 unspecified atom stereocenters. The number of hydrogen-bond donors (Lipinski definition) is 3. The molecule has 3 rings (SSSR count). The Bertz CT molecular complexity index is 896. The second kappa shape index (κ2) is 8.07. The Morgan fingerprint density at radius 1 is 1.04 bits per heavy atom. The molecule has 0 heterocycles. The van der Waals surface area contributed by atoms with E-state index >= 15 is 0 Å². The molecule has 1 fully saturated rings. The van der Waals surface area contributed by atoms with Crippen LogP contribution < -0.4 is 15.6 Å². The highest BCUT2D eigenvalue weighted by Crippen LogP contribution is 2.21. The van der Waals surface area contributed by atoms with Crippen LogP contribution in [0.2, 0.25) is 5.02 Å². The molecule has 6 nitrogen and oxygen atoms in total. The Morgan fingerprint density at radius 3 is 2.50 bits per heavy atom. The molecular formula is C18H20ClN3O3S. The Labute approximate surface area is 158 Å². The van der Waals surface area contributed by atoms with Crippen molar-refractivity contribution in [2.45, 2.75) is 36.6 Å². The quantitative estimate of drug-likeness (QED) is 0.657. The third-order valence-corrected chi connectivity index (χ3v) is 5.98. The Morgan fingerprint density at radius 2 is 1.77 bits per heavy atom. The van der Waals surface area contributed by atoms with E-state index in [-0.39, 0.29) is 16.5 Å². The van der Waals surface area contributed by atoms with Gasteiger partial charge in [0.15, 0.2) is 0 Å². The standard InChI is InChI=1S/C18H20ClN3O3S/c19-14-6-4-9-16(12-14)20-21-18(23)13-5-3-10-17(11-13)26(24,25)22-15-7-1-2-8-15/h3-6,9-12,15,20,22H,1-2,7-8H2,(H,21,23). The minimum atomic E-state index is -3.64. The molecule has 0 aromatic heterocycles. The molecule has 1 aliphatic rings. The van der Waals surface area contributed by atoms with Crippen molar-refractivity contribution < 1.29 is 13.2 Å². The van der Waals surface area contributed by atoms with Gasteiger partial charge in [-0.1, -0.05) is 36.6 Å². The van der Waals surface area contributed by atoms with Gasteiger partial charge in [0.25, 0.3) is 5.91 Å². The van der Waals surface area contributed by atoms with Gasteiger partial charge in [-0.3, -0.25) is 15.6 Å². The van der Waals surface area contributed by atoms with Crippen LogP contribution in [0.1, 0.15) is 36.0 Å². The molecule has 1 aliphatic carbocycles. The molecule has 2 aromatic carbocycles. The maximum atomic E-state index is 12.5. The SMILES string of the molecule is O=C(NNc1cccc(Cl)c1)c1cccc(S(=O)(=O)NC2CCCC2)c1. The molecule has 0 spiro atoms. The second-order valence-corrected chi connectivity index (χ2v) is 8.37. The van der Waals surface area contributed by atoms with Crippen molar-refractivity contribution in [3.8, 4) is 0 Å². The van der Waals surface area contributed by atoms with E-state index in [1.165, 1.54) is 12.1 Å². The van der Waals surface area contributed by atoms with Gasteiger partial charge < -0.3 is 0 Å². The van der Waals surface area contributed by atoms with Crippen LogP contribution in [0.5, 0.6) is 0 Å². The fourth-order valence-corrected chi connectivity index (χ4v) is 4.44. The summed E-state index contributed by atoms with van der Waals surface area (Å²) in [6, 6.07) is 12.8. The van der Waals surface area contributed by atoms with Gasteiger partial charge in [0.1, 0.15) is 0 Å². The lowest BCUT2D eigenvalue weighted by Gasteiger charge is -2.13. The lowest BCUT2D eigenvalue weighted by molar-refractivity contribution is 0.0962. The lowest BCUT2D eigenvalue weighted by Crippen LogP contribution is -2.33. The van der Waals surface area contributed by atoms with E-state index in [0.29, 0.717) is 10.7 Å². The van der Waals surface area contributed by atoms with Crippen molar-refractivity contribution in [1.82, 2.24) is 10.1 Å². The van der Waals surface area contributed by atoms with E-state index in [4.69, 9.17) is 11.6 Å². The predicted molar refractivity (Wildman–Crippen MR) is 102 cm³/mol. The van der Waals surface area contributed by atoms with Gasteiger partial charge in [0.2, 0.25) is 10.0 Å². The van der Waals surface area contributed by atoms with Crippen LogP contribution in [-0.4, -0.2) is 20.4 Å². The summed E-state index contributed by atoms with van der Waals surface area (Å²) in [5.74, 6) is -0.442. The fourth-order valence-electron chi connectivity index (χ4n) is 2.90. The van der Waals surface area contributed by atoms with E-state index in [1.54, 1.807) is 36.4 Å². The smallest absolute Gasteiger partial charge is 0.269 e. The second-order valence-electron chi connectivity index (χ2n) is 6.22. The number of carbonyl (C=O) groups is 1. The average Bonchev–Trinajstić information content (AvgIpc) is 3.12. The number of carbonyl (C=O) groups excluding carboxylic acids is 1. The number of rotatable bonds is 6. The van der Waals surface area contributed by atoms with E-state index < -0.39 is 15.9 Å². The molecule has 138 valence electrons. The highest BCUT2D eigenvalue weighted by Gasteiger charge is 2.23. The largest absolute Gasteiger partial charge is 0.298 e. The Balaban J connectivity index is 1.68. The number of sulfonamides is 1. The molecule has 2 aromatic rings. The molecule has 0 bridgehead atoms. The Hall–Kier alpha value is -2.09. The van der Waals surface area contributed by atoms with Gasteiger partial charge in [-0.2, -0.15) is 0 Å². The zero-order valence-corrected chi connectivity index (χ0v) is 15.6. The van der Waals surface area contributed by atoms with E-state index in [0.717, 1.165) is 25.7 Å². The number of benzene rings is 2. The van der Waals surface area contributed by atoms with Crippen LogP contribution in [0.4, 0.5) is 5.69 Å². The molecule has 0 radical (unpaired) electrons. The van der Waals surface area contributed by atoms with Gasteiger partial charge in [0, 0.05) is 16.6 Å². The minimum Gasteiger partial charge on any atom is -0.298 e. The molecule has 1 saturated carbocycles. The fraction of sp³-hybridized carbons (Fsp3) is 0.278. The number of hydrazine groups is 1. The molecule has 0 saturated heterocycles. The first-order valence-corrected chi connectivity index (χ1v) is 10.2. The summed E-state index contributed by atoms with van der Waals surface area (Å²) >= 11 is 5.89. The summed E-state index contributed by atoms with van der Waals surface area (Å²) in [5, 5.41) is 0.537.